The normalized spacial score (nSPS) is 18.0. The molecule has 2 aliphatic heterocycles. The summed E-state index contributed by atoms with van der Waals surface area (Å²) in [5.74, 6) is 0.147. The summed E-state index contributed by atoms with van der Waals surface area (Å²) in [6, 6.07) is 13.1. The summed E-state index contributed by atoms with van der Waals surface area (Å²) in [5.41, 5.74) is 1.54. The van der Waals surface area contributed by atoms with Crippen LogP contribution in [0.25, 0.3) is 0 Å². The van der Waals surface area contributed by atoms with Crippen LogP contribution in [-0.2, 0) is 15.1 Å². The summed E-state index contributed by atoms with van der Waals surface area (Å²) in [5, 5.41) is 5.95. The lowest BCUT2D eigenvalue weighted by Gasteiger charge is -2.38. The molecule has 2 amide bonds. The van der Waals surface area contributed by atoms with Gasteiger partial charge in [0.1, 0.15) is 5.75 Å². The molecule has 2 heterocycles. The van der Waals surface area contributed by atoms with E-state index in [2.05, 4.69) is 26.6 Å². The lowest BCUT2D eigenvalue weighted by molar-refractivity contribution is -0.118. The molecule has 1 saturated heterocycles. The van der Waals surface area contributed by atoms with Crippen LogP contribution >= 0.6 is 15.9 Å². The van der Waals surface area contributed by atoms with Crippen LogP contribution < -0.4 is 15.4 Å². The fourth-order valence-electron chi connectivity index (χ4n) is 3.51. The van der Waals surface area contributed by atoms with E-state index in [4.69, 9.17) is 9.47 Å². The Bertz CT molecular complexity index is 893. The van der Waals surface area contributed by atoms with Crippen molar-refractivity contribution in [2.24, 2.45) is 0 Å². The summed E-state index contributed by atoms with van der Waals surface area (Å²) in [6.07, 6.45) is 1.39. The van der Waals surface area contributed by atoms with Gasteiger partial charge in [-0.05, 0) is 48.7 Å². The number of halogens is 1. The van der Waals surface area contributed by atoms with Crippen molar-refractivity contribution in [2.75, 3.05) is 25.1 Å². The average molecular weight is 431 g/mol. The first kappa shape index (κ1) is 18.0. The molecule has 2 aliphatic rings. The third-order valence-electron chi connectivity index (χ3n) is 4.95. The Morgan fingerprint density at radius 1 is 1.15 bits per heavy atom. The van der Waals surface area contributed by atoms with Crippen molar-refractivity contribution < 1.29 is 19.1 Å². The number of amides is 2. The Hall–Kier alpha value is -2.38. The van der Waals surface area contributed by atoms with Crippen LogP contribution in [0.15, 0.2) is 46.9 Å². The van der Waals surface area contributed by atoms with E-state index in [1.807, 2.05) is 24.3 Å². The number of carbonyl (C=O) groups is 2. The standard InChI is InChI=1S/C20H19BrN2O4/c21-15-3-1-2-14(11-15)20(6-8-26-9-7-20)23-19(25)13-4-5-17-16(10-13)22-18(24)12-27-17/h1-5,10-11H,6-9,12H2,(H,22,24)(H,23,25). The van der Waals surface area contributed by atoms with Crippen molar-refractivity contribution in [3.8, 4) is 5.75 Å². The zero-order chi connectivity index (χ0) is 18.9. The fraction of sp³-hybridized carbons (Fsp3) is 0.300. The average Bonchev–Trinajstić information content (AvgIpc) is 2.68. The van der Waals surface area contributed by atoms with E-state index in [-0.39, 0.29) is 18.4 Å². The number of hydrogen-bond donors (Lipinski definition) is 2. The Balaban J connectivity index is 1.63. The predicted octanol–water partition coefficient (Wildman–Crippen LogP) is 3.22. The van der Waals surface area contributed by atoms with Crippen molar-refractivity contribution in [3.05, 3.63) is 58.1 Å². The van der Waals surface area contributed by atoms with E-state index in [0.29, 0.717) is 43.1 Å². The fourth-order valence-corrected chi connectivity index (χ4v) is 3.90. The van der Waals surface area contributed by atoms with Crippen LogP contribution in [0.5, 0.6) is 5.75 Å². The molecule has 2 aromatic rings. The maximum absolute atomic E-state index is 13.0. The van der Waals surface area contributed by atoms with Gasteiger partial charge < -0.3 is 20.1 Å². The Labute approximate surface area is 165 Å². The second-order valence-electron chi connectivity index (χ2n) is 6.71. The van der Waals surface area contributed by atoms with Gasteiger partial charge in [0.25, 0.3) is 11.8 Å². The lowest BCUT2D eigenvalue weighted by Crippen LogP contribution is -2.49. The molecular weight excluding hydrogens is 412 g/mol. The van der Waals surface area contributed by atoms with Crippen molar-refractivity contribution in [3.63, 3.8) is 0 Å². The molecule has 0 radical (unpaired) electrons. The first-order chi connectivity index (χ1) is 13.1. The van der Waals surface area contributed by atoms with Gasteiger partial charge in [0.15, 0.2) is 6.61 Å². The molecule has 0 atom stereocenters. The van der Waals surface area contributed by atoms with Gasteiger partial charge in [0.2, 0.25) is 0 Å². The van der Waals surface area contributed by atoms with Gasteiger partial charge in [0, 0.05) is 23.2 Å². The SMILES string of the molecule is O=C1COc2ccc(C(=O)NC3(c4cccc(Br)c4)CCOCC3)cc2N1. The van der Waals surface area contributed by atoms with Gasteiger partial charge in [0.05, 0.1) is 11.2 Å². The summed E-state index contributed by atoms with van der Waals surface area (Å²) in [6.45, 7) is 1.16. The van der Waals surface area contributed by atoms with E-state index in [9.17, 15) is 9.59 Å². The molecule has 4 rings (SSSR count). The molecular formula is C20H19BrN2O4. The van der Waals surface area contributed by atoms with Gasteiger partial charge in [-0.2, -0.15) is 0 Å². The summed E-state index contributed by atoms with van der Waals surface area (Å²) in [4.78, 5) is 24.6. The molecule has 0 spiro atoms. The summed E-state index contributed by atoms with van der Waals surface area (Å²) < 4.78 is 11.8. The van der Waals surface area contributed by atoms with Gasteiger partial charge in [-0.25, -0.2) is 0 Å². The third-order valence-corrected chi connectivity index (χ3v) is 5.44. The Morgan fingerprint density at radius 2 is 1.96 bits per heavy atom. The number of rotatable bonds is 3. The number of anilines is 1. The zero-order valence-corrected chi connectivity index (χ0v) is 16.2. The highest BCUT2D eigenvalue weighted by Gasteiger charge is 2.36. The Morgan fingerprint density at radius 3 is 2.74 bits per heavy atom. The number of ether oxygens (including phenoxy) is 2. The molecule has 0 unspecified atom stereocenters. The van der Waals surface area contributed by atoms with E-state index >= 15 is 0 Å². The highest BCUT2D eigenvalue weighted by Crippen LogP contribution is 2.34. The highest BCUT2D eigenvalue weighted by atomic mass is 79.9. The van der Waals surface area contributed by atoms with Crippen molar-refractivity contribution in [2.45, 2.75) is 18.4 Å². The lowest BCUT2D eigenvalue weighted by atomic mass is 9.82. The van der Waals surface area contributed by atoms with E-state index < -0.39 is 5.54 Å². The molecule has 0 saturated carbocycles. The number of benzene rings is 2. The molecule has 1 fully saturated rings. The molecule has 27 heavy (non-hydrogen) atoms. The van der Waals surface area contributed by atoms with Gasteiger partial charge in [-0.15, -0.1) is 0 Å². The van der Waals surface area contributed by atoms with Gasteiger partial charge in [-0.1, -0.05) is 28.1 Å². The molecule has 140 valence electrons. The molecule has 2 N–H and O–H groups in total. The number of hydrogen-bond acceptors (Lipinski definition) is 4. The first-order valence-electron chi connectivity index (χ1n) is 8.79. The van der Waals surface area contributed by atoms with E-state index in [1.54, 1.807) is 18.2 Å². The summed E-state index contributed by atoms with van der Waals surface area (Å²) in [7, 11) is 0. The van der Waals surface area contributed by atoms with Crippen LogP contribution in [0.4, 0.5) is 5.69 Å². The smallest absolute Gasteiger partial charge is 0.262 e. The van der Waals surface area contributed by atoms with Crippen LogP contribution in [0.2, 0.25) is 0 Å². The Kier molecular flexibility index (Phi) is 4.88. The van der Waals surface area contributed by atoms with E-state index in [0.717, 1.165) is 10.0 Å². The molecule has 0 bridgehead atoms. The molecule has 0 aliphatic carbocycles. The van der Waals surface area contributed by atoms with E-state index in [1.165, 1.54) is 0 Å². The number of carbonyl (C=O) groups excluding carboxylic acids is 2. The number of nitrogens with one attached hydrogen (secondary N) is 2. The van der Waals surface area contributed by atoms with Gasteiger partial charge >= 0.3 is 0 Å². The largest absolute Gasteiger partial charge is 0.482 e. The quantitative estimate of drug-likeness (QED) is 0.783. The highest BCUT2D eigenvalue weighted by molar-refractivity contribution is 9.10. The van der Waals surface area contributed by atoms with Crippen LogP contribution in [0.3, 0.4) is 0 Å². The zero-order valence-electron chi connectivity index (χ0n) is 14.6. The summed E-state index contributed by atoms with van der Waals surface area (Å²) >= 11 is 3.51. The minimum atomic E-state index is -0.491. The first-order valence-corrected chi connectivity index (χ1v) is 9.58. The predicted molar refractivity (Wildman–Crippen MR) is 104 cm³/mol. The molecule has 0 aromatic heterocycles. The maximum Gasteiger partial charge on any atom is 0.262 e. The monoisotopic (exact) mass is 430 g/mol. The molecule has 2 aromatic carbocycles. The minimum Gasteiger partial charge on any atom is -0.482 e. The third kappa shape index (κ3) is 3.70. The second kappa shape index (κ2) is 7.32. The second-order valence-corrected chi connectivity index (χ2v) is 7.62. The minimum absolute atomic E-state index is 0.00939. The van der Waals surface area contributed by atoms with Crippen molar-refractivity contribution in [1.29, 1.82) is 0 Å². The molecule has 6 nitrogen and oxygen atoms in total. The van der Waals surface area contributed by atoms with Crippen LogP contribution in [0.1, 0.15) is 28.8 Å². The topological polar surface area (TPSA) is 76.7 Å². The number of fused-ring (bicyclic) bond motifs is 1. The molecule has 7 heteroatoms. The van der Waals surface area contributed by atoms with Crippen LogP contribution in [0, 0.1) is 0 Å². The van der Waals surface area contributed by atoms with Crippen LogP contribution in [-0.4, -0.2) is 31.6 Å². The maximum atomic E-state index is 13.0. The van der Waals surface area contributed by atoms with Gasteiger partial charge in [-0.3, -0.25) is 9.59 Å². The van der Waals surface area contributed by atoms with Crippen molar-refractivity contribution in [1.82, 2.24) is 5.32 Å². The van der Waals surface area contributed by atoms with Crippen molar-refractivity contribution >= 4 is 33.4 Å².